The Morgan fingerprint density at radius 1 is 1.20 bits per heavy atom. The minimum atomic E-state index is -0.127. The predicted octanol–water partition coefficient (Wildman–Crippen LogP) is 4.49. The summed E-state index contributed by atoms with van der Waals surface area (Å²) in [6.07, 6.45) is 8.39. The summed E-state index contributed by atoms with van der Waals surface area (Å²) < 4.78 is 7.32. The van der Waals surface area contributed by atoms with Gasteiger partial charge in [0, 0.05) is 24.4 Å². The number of carbonyl (C=O) groups excluding carboxylic acids is 1. The van der Waals surface area contributed by atoms with Gasteiger partial charge in [-0.1, -0.05) is 31.7 Å². The van der Waals surface area contributed by atoms with Gasteiger partial charge in [0.25, 0.3) is 5.56 Å². The normalized spacial score (nSPS) is 14.2. The number of hydrogen-bond acceptors (Lipinski definition) is 4. The van der Waals surface area contributed by atoms with Crippen LogP contribution >= 0.6 is 0 Å². The zero-order valence-corrected chi connectivity index (χ0v) is 17.3. The Balaban J connectivity index is 1.32. The number of nitrogens with zero attached hydrogens (tertiary/aromatic N) is 2. The molecule has 0 radical (unpaired) electrons. The molecule has 1 N–H and O–H groups in total. The van der Waals surface area contributed by atoms with E-state index in [0.29, 0.717) is 29.4 Å². The van der Waals surface area contributed by atoms with Gasteiger partial charge in [0.2, 0.25) is 5.91 Å². The fourth-order valence-electron chi connectivity index (χ4n) is 4.03. The third-order valence-electron chi connectivity index (χ3n) is 5.72. The molecule has 0 unspecified atom stereocenters. The average Bonchev–Trinajstić information content (AvgIpc) is 3.26. The highest BCUT2D eigenvalue weighted by Crippen LogP contribution is 2.28. The first-order valence-corrected chi connectivity index (χ1v) is 10.6. The summed E-state index contributed by atoms with van der Waals surface area (Å²) in [5.41, 5.74) is 2.79. The summed E-state index contributed by atoms with van der Waals surface area (Å²) in [4.78, 5) is 29.0. The molecule has 1 fully saturated rings. The van der Waals surface area contributed by atoms with Crippen LogP contribution in [0, 0.1) is 12.8 Å². The molecule has 0 atom stereocenters. The van der Waals surface area contributed by atoms with Crippen LogP contribution in [0.15, 0.2) is 53.5 Å². The number of anilines is 1. The molecule has 1 aliphatic carbocycles. The van der Waals surface area contributed by atoms with Crippen molar-refractivity contribution in [1.82, 2.24) is 9.38 Å². The third-order valence-corrected chi connectivity index (χ3v) is 5.72. The largest absolute Gasteiger partial charge is 0.487 e. The Bertz CT molecular complexity index is 1080. The second-order valence-corrected chi connectivity index (χ2v) is 8.02. The van der Waals surface area contributed by atoms with Crippen LogP contribution in [0.5, 0.6) is 5.75 Å². The molecule has 1 amide bonds. The second-order valence-electron chi connectivity index (χ2n) is 8.02. The molecule has 0 saturated heterocycles. The van der Waals surface area contributed by atoms with Gasteiger partial charge in [-0.05, 0) is 55.2 Å². The first-order valence-electron chi connectivity index (χ1n) is 10.6. The number of hydrogen-bond donors (Lipinski definition) is 1. The van der Waals surface area contributed by atoms with Crippen molar-refractivity contribution < 1.29 is 9.53 Å². The molecular formula is C24H27N3O3. The van der Waals surface area contributed by atoms with Crippen LogP contribution in [-0.4, -0.2) is 15.3 Å². The Labute approximate surface area is 175 Å². The van der Waals surface area contributed by atoms with Crippen molar-refractivity contribution in [1.29, 1.82) is 0 Å². The first kappa shape index (κ1) is 20.1. The van der Waals surface area contributed by atoms with Gasteiger partial charge in [-0.2, -0.15) is 0 Å². The number of pyridine rings is 1. The lowest BCUT2D eigenvalue weighted by molar-refractivity contribution is -0.116. The number of rotatable bonds is 7. The van der Waals surface area contributed by atoms with Crippen LogP contribution in [0.25, 0.3) is 5.65 Å². The lowest BCUT2D eigenvalue weighted by Crippen LogP contribution is -2.17. The molecule has 0 bridgehead atoms. The van der Waals surface area contributed by atoms with Crippen LogP contribution in [0.4, 0.5) is 5.69 Å². The minimum Gasteiger partial charge on any atom is -0.487 e. The van der Waals surface area contributed by atoms with Gasteiger partial charge in [-0.15, -0.1) is 0 Å². The molecule has 1 aliphatic rings. The summed E-state index contributed by atoms with van der Waals surface area (Å²) in [5.74, 6) is 1.43. The third kappa shape index (κ3) is 4.87. The minimum absolute atomic E-state index is 0.0618. The molecule has 1 aromatic carbocycles. The number of aromatic nitrogens is 2. The molecule has 30 heavy (non-hydrogen) atoms. The summed E-state index contributed by atoms with van der Waals surface area (Å²) in [5, 5.41) is 2.95. The van der Waals surface area contributed by atoms with Crippen molar-refractivity contribution in [2.24, 2.45) is 5.92 Å². The van der Waals surface area contributed by atoms with Crippen molar-refractivity contribution in [3.05, 3.63) is 70.3 Å². The molecule has 6 heteroatoms. The number of benzene rings is 1. The smallest absolute Gasteiger partial charge is 0.258 e. The van der Waals surface area contributed by atoms with Gasteiger partial charge < -0.3 is 10.1 Å². The number of fused-ring (bicyclic) bond motifs is 1. The summed E-state index contributed by atoms with van der Waals surface area (Å²) >= 11 is 0. The molecular weight excluding hydrogens is 378 g/mol. The highest BCUT2D eigenvalue weighted by atomic mass is 16.5. The Morgan fingerprint density at radius 3 is 2.73 bits per heavy atom. The van der Waals surface area contributed by atoms with Crippen molar-refractivity contribution in [3.63, 3.8) is 0 Å². The van der Waals surface area contributed by atoms with E-state index in [1.807, 2.05) is 43.3 Å². The zero-order valence-electron chi connectivity index (χ0n) is 17.3. The number of aryl methyl sites for hydroxylation is 1. The molecule has 2 aromatic heterocycles. The number of ether oxygens (including phenoxy) is 1. The molecule has 4 rings (SSSR count). The molecule has 156 valence electrons. The van der Waals surface area contributed by atoms with E-state index in [1.165, 1.54) is 36.2 Å². The van der Waals surface area contributed by atoms with E-state index in [-0.39, 0.29) is 18.1 Å². The Hall–Kier alpha value is -3.15. The van der Waals surface area contributed by atoms with Crippen molar-refractivity contribution in [3.8, 4) is 5.75 Å². The van der Waals surface area contributed by atoms with E-state index in [2.05, 4.69) is 10.3 Å². The molecule has 0 spiro atoms. The van der Waals surface area contributed by atoms with E-state index in [0.717, 1.165) is 17.7 Å². The molecule has 3 aromatic rings. The van der Waals surface area contributed by atoms with Gasteiger partial charge in [0.15, 0.2) is 0 Å². The predicted molar refractivity (Wildman–Crippen MR) is 117 cm³/mol. The van der Waals surface area contributed by atoms with Gasteiger partial charge >= 0.3 is 0 Å². The van der Waals surface area contributed by atoms with E-state index in [9.17, 15) is 9.59 Å². The van der Waals surface area contributed by atoms with Gasteiger partial charge in [0.05, 0.1) is 5.69 Å². The first-order chi connectivity index (χ1) is 14.6. The molecule has 0 aliphatic heterocycles. The van der Waals surface area contributed by atoms with Gasteiger partial charge in [-0.3, -0.25) is 14.0 Å². The molecule has 2 heterocycles. The summed E-state index contributed by atoms with van der Waals surface area (Å²) in [7, 11) is 0. The number of nitrogens with one attached hydrogen (secondary N) is 1. The Morgan fingerprint density at radius 2 is 1.97 bits per heavy atom. The topological polar surface area (TPSA) is 72.7 Å². The van der Waals surface area contributed by atoms with Crippen LogP contribution in [0.3, 0.4) is 0 Å². The zero-order chi connectivity index (χ0) is 20.9. The van der Waals surface area contributed by atoms with E-state index < -0.39 is 0 Å². The SMILES string of the molecule is Cc1cccn2c(=O)cc(COc3ccc(NC(=O)CCC4CCCC4)cc3)nc12. The van der Waals surface area contributed by atoms with Crippen molar-refractivity contribution in [2.45, 2.75) is 52.1 Å². The highest BCUT2D eigenvalue weighted by Gasteiger charge is 2.16. The maximum atomic E-state index is 12.3. The van der Waals surface area contributed by atoms with Crippen LogP contribution in [0.2, 0.25) is 0 Å². The molecule has 6 nitrogen and oxygen atoms in total. The Kier molecular flexibility index (Phi) is 6.12. The summed E-state index contributed by atoms with van der Waals surface area (Å²) in [6.45, 7) is 2.13. The lowest BCUT2D eigenvalue weighted by atomic mass is 10.0. The second kappa shape index (κ2) is 9.11. The van der Waals surface area contributed by atoms with Crippen LogP contribution in [0.1, 0.15) is 49.8 Å². The van der Waals surface area contributed by atoms with Gasteiger partial charge in [-0.25, -0.2) is 4.98 Å². The maximum Gasteiger partial charge on any atom is 0.258 e. The average molecular weight is 405 g/mol. The monoisotopic (exact) mass is 405 g/mol. The van der Waals surface area contributed by atoms with E-state index in [4.69, 9.17) is 4.74 Å². The number of carbonyl (C=O) groups is 1. The quantitative estimate of drug-likeness (QED) is 0.629. The fraction of sp³-hybridized carbons (Fsp3) is 0.375. The molecule has 1 saturated carbocycles. The standard InChI is InChI=1S/C24H27N3O3/c1-17-5-4-14-27-23(29)15-20(26-24(17)27)16-30-21-11-9-19(10-12-21)25-22(28)13-8-18-6-2-3-7-18/h4-5,9-12,14-15,18H,2-3,6-8,13,16H2,1H3,(H,25,28). The lowest BCUT2D eigenvalue weighted by Gasteiger charge is -2.10. The van der Waals surface area contributed by atoms with Crippen LogP contribution < -0.4 is 15.6 Å². The van der Waals surface area contributed by atoms with Gasteiger partial charge in [0.1, 0.15) is 18.0 Å². The number of amides is 1. The highest BCUT2D eigenvalue weighted by molar-refractivity contribution is 5.90. The maximum absolute atomic E-state index is 12.3. The summed E-state index contributed by atoms with van der Waals surface area (Å²) in [6, 6.07) is 12.5. The van der Waals surface area contributed by atoms with Crippen molar-refractivity contribution in [2.75, 3.05) is 5.32 Å². The fourth-order valence-corrected chi connectivity index (χ4v) is 4.03. The van der Waals surface area contributed by atoms with Crippen molar-refractivity contribution >= 4 is 17.2 Å². The van der Waals surface area contributed by atoms with E-state index >= 15 is 0 Å². The van der Waals surface area contributed by atoms with E-state index in [1.54, 1.807) is 6.20 Å². The van der Waals surface area contributed by atoms with Crippen LogP contribution in [-0.2, 0) is 11.4 Å².